The molecule has 1 aliphatic rings. The number of ether oxygens (including phenoxy) is 2. The first-order chi connectivity index (χ1) is 8.38. The first-order valence-electron chi connectivity index (χ1n) is 5.25. The van der Waals surface area contributed by atoms with E-state index >= 15 is 0 Å². The highest BCUT2D eigenvalue weighted by molar-refractivity contribution is 5.53. The number of hydrogen-bond donors (Lipinski definition) is 0. The van der Waals surface area contributed by atoms with Gasteiger partial charge in [-0.1, -0.05) is 12.1 Å². The molecule has 2 heterocycles. The van der Waals surface area contributed by atoms with Crippen molar-refractivity contribution in [3.8, 4) is 11.5 Å². The van der Waals surface area contributed by atoms with Crippen LogP contribution < -0.4 is 9.47 Å². The molecule has 1 atom stereocenters. The predicted molar refractivity (Wildman–Crippen MR) is 59.7 cm³/mol. The molecule has 0 spiro atoms. The molecule has 0 amide bonds. The second kappa shape index (κ2) is 3.93. The van der Waals surface area contributed by atoms with Crippen molar-refractivity contribution in [3.05, 3.63) is 42.5 Å². The molecule has 86 valence electrons. The smallest absolute Gasteiger partial charge is 0.219 e. The lowest BCUT2D eigenvalue weighted by Crippen LogP contribution is -2.24. The van der Waals surface area contributed by atoms with E-state index in [1.165, 1.54) is 4.57 Å². The summed E-state index contributed by atoms with van der Waals surface area (Å²) >= 11 is 0. The van der Waals surface area contributed by atoms with Crippen LogP contribution in [0, 0.1) is 0 Å². The lowest BCUT2D eigenvalue weighted by atomic mass is 10.2. The van der Waals surface area contributed by atoms with Gasteiger partial charge in [0.05, 0.1) is 0 Å². The maximum atomic E-state index is 10.8. The van der Waals surface area contributed by atoms with Gasteiger partial charge < -0.3 is 9.47 Å². The van der Waals surface area contributed by atoms with Gasteiger partial charge >= 0.3 is 0 Å². The zero-order chi connectivity index (χ0) is 11.7. The topological polar surface area (TPSA) is 53.4 Å². The minimum atomic E-state index is -0.356. The molecular formula is C12H10N2O3. The third-order valence-corrected chi connectivity index (χ3v) is 2.61. The third kappa shape index (κ3) is 1.65. The molecule has 1 aliphatic heterocycles. The van der Waals surface area contributed by atoms with E-state index in [0.717, 1.165) is 0 Å². The molecule has 1 unspecified atom stereocenters. The Kier molecular flexibility index (Phi) is 2.29. The molecule has 0 aliphatic carbocycles. The second-order valence-electron chi connectivity index (χ2n) is 3.66. The monoisotopic (exact) mass is 230 g/mol. The first kappa shape index (κ1) is 9.89. The number of imidazole rings is 1. The van der Waals surface area contributed by atoms with Crippen molar-refractivity contribution in [2.45, 2.75) is 6.10 Å². The fourth-order valence-corrected chi connectivity index (χ4v) is 1.81. The van der Waals surface area contributed by atoms with E-state index in [2.05, 4.69) is 4.98 Å². The minimum Gasteiger partial charge on any atom is -0.485 e. The molecule has 0 bridgehead atoms. The number of rotatable bonds is 2. The van der Waals surface area contributed by atoms with Gasteiger partial charge in [-0.25, -0.2) is 4.98 Å². The van der Waals surface area contributed by atoms with Crippen molar-refractivity contribution in [1.82, 2.24) is 9.55 Å². The summed E-state index contributed by atoms with van der Waals surface area (Å²) in [6, 6.07) is 7.43. The molecule has 17 heavy (non-hydrogen) atoms. The number of benzene rings is 1. The fourth-order valence-electron chi connectivity index (χ4n) is 1.81. The van der Waals surface area contributed by atoms with Gasteiger partial charge in [0.25, 0.3) is 0 Å². The molecule has 0 radical (unpaired) electrons. The molecular weight excluding hydrogens is 220 g/mol. The maximum absolute atomic E-state index is 10.8. The number of carbonyl (C=O) groups is 1. The Morgan fingerprint density at radius 1 is 1.35 bits per heavy atom. The molecule has 2 aromatic rings. The van der Waals surface area contributed by atoms with Crippen molar-refractivity contribution in [2.75, 3.05) is 6.61 Å². The Bertz CT molecular complexity index is 550. The number of aromatic nitrogens is 2. The molecule has 5 nitrogen and oxygen atoms in total. The minimum absolute atomic E-state index is 0.349. The van der Waals surface area contributed by atoms with E-state index < -0.39 is 0 Å². The standard InChI is InChI=1S/C12H10N2O3/c15-8-14-6-5-13-12(14)11-7-16-9-3-1-2-4-10(9)17-11/h1-6,8,11H,7H2. The Labute approximate surface area is 97.6 Å². The van der Waals surface area contributed by atoms with E-state index in [1.807, 2.05) is 24.3 Å². The van der Waals surface area contributed by atoms with Gasteiger partial charge in [0, 0.05) is 12.4 Å². The van der Waals surface area contributed by atoms with Crippen LogP contribution in [0.5, 0.6) is 11.5 Å². The summed E-state index contributed by atoms with van der Waals surface area (Å²) in [6.45, 7) is 0.349. The molecule has 0 N–H and O–H groups in total. The van der Waals surface area contributed by atoms with Crippen molar-refractivity contribution in [2.24, 2.45) is 0 Å². The van der Waals surface area contributed by atoms with Crippen LogP contribution in [0.3, 0.4) is 0 Å². The van der Waals surface area contributed by atoms with Gasteiger partial charge in [-0.3, -0.25) is 9.36 Å². The Balaban J connectivity index is 1.92. The Morgan fingerprint density at radius 3 is 3.00 bits per heavy atom. The summed E-state index contributed by atoms with van der Waals surface area (Å²) < 4.78 is 12.7. The van der Waals surface area contributed by atoms with Crippen LogP contribution >= 0.6 is 0 Å². The average molecular weight is 230 g/mol. The van der Waals surface area contributed by atoms with Crippen molar-refractivity contribution >= 4 is 6.41 Å². The van der Waals surface area contributed by atoms with Gasteiger partial charge in [-0.2, -0.15) is 0 Å². The molecule has 3 rings (SSSR count). The van der Waals surface area contributed by atoms with Gasteiger partial charge in [0.15, 0.2) is 23.4 Å². The molecule has 5 heteroatoms. The van der Waals surface area contributed by atoms with Crippen LogP contribution in [-0.2, 0) is 4.79 Å². The van der Waals surface area contributed by atoms with Crippen LogP contribution in [0.4, 0.5) is 0 Å². The predicted octanol–water partition coefficient (Wildman–Crippen LogP) is 1.43. The van der Waals surface area contributed by atoms with E-state index in [0.29, 0.717) is 30.3 Å². The highest BCUT2D eigenvalue weighted by Gasteiger charge is 2.25. The van der Waals surface area contributed by atoms with E-state index in [-0.39, 0.29) is 6.10 Å². The third-order valence-electron chi connectivity index (χ3n) is 2.61. The maximum Gasteiger partial charge on any atom is 0.219 e. The van der Waals surface area contributed by atoms with Gasteiger partial charge in [0.1, 0.15) is 6.61 Å². The average Bonchev–Trinajstić information content (AvgIpc) is 2.86. The molecule has 0 fully saturated rings. The highest BCUT2D eigenvalue weighted by Crippen LogP contribution is 2.35. The van der Waals surface area contributed by atoms with Gasteiger partial charge in [-0.05, 0) is 12.1 Å². The van der Waals surface area contributed by atoms with Crippen LogP contribution in [0.2, 0.25) is 0 Å². The van der Waals surface area contributed by atoms with Crippen LogP contribution in [0.25, 0.3) is 0 Å². The van der Waals surface area contributed by atoms with E-state index in [9.17, 15) is 4.79 Å². The fraction of sp³-hybridized carbons (Fsp3) is 0.167. The first-order valence-corrected chi connectivity index (χ1v) is 5.25. The van der Waals surface area contributed by atoms with Gasteiger partial charge in [-0.15, -0.1) is 0 Å². The number of para-hydroxylation sites is 2. The molecule has 0 saturated carbocycles. The second-order valence-corrected chi connectivity index (χ2v) is 3.66. The lowest BCUT2D eigenvalue weighted by Gasteiger charge is -2.25. The van der Waals surface area contributed by atoms with E-state index in [1.54, 1.807) is 12.4 Å². The van der Waals surface area contributed by atoms with Crippen LogP contribution in [0.15, 0.2) is 36.7 Å². The van der Waals surface area contributed by atoms with Crippen molar-refractivity contribution < 1.29 is 14.3 Å². The SMILES string of the molecule is O=Cn1ccnc1C1COc2ccccc2O1. The summed E-state index contributed by atoms with van der Waals surface area (Å²) in [6.07, 6.45) is 3.50. The summed E-state index contributed by atoms with van der Waals surface area (Å²) in [4.78, 5) is 14.9. The Hall–Kier alpha value is -2.30. The summed E-state index contributed by atoms with van der Waals surface area (Å²) in [5.41, 5.74) is 0. The zero-order valence-electron chi connectivity index (χ0n) is 8.95. The Morgan fingerprint density at radius 2 is 2.18 bits per heavy atom. The number of nitrogens with zero attached hydrogens (tertiary/aromatic N) is 2. The summed E-state index contributed by atoms with van der Waals surface area (Å²) in [7, 11) is 0. The van der Waals surface area contributed by atoms with Crippen LogP contribution in [0.1, 0.15) is 11.9 Å². The summed E-state index contributed by atoms with van der Waals surface area (Å²) in [5.74, 6) is 1.94. The van der Waals surface area contributed by atoms with Crippen molar-refractivity contribution in [1.29, 1.82) is 0 Å². The highest BCUT2D eigenvalue weighted by atomic mass is 16.6. The lowest BCUT2D eigenvalue weighted by molar-refractivity contribution is 0.0844. The molecule has 1 aromatic heterocycles. The quantitative estimate of drug-likeness (QED) is 0.732. The number of hydrogen-bond acceptors (Lipinski definition) is 4. The zero-order valence-corrected chi connectivity index (χ0v) is 8.95. The van der Waals surface area contributed by atoms with E-state index in [4.69, 9.17) is 9.47 Å². The normalized spacial score (nSPS) is 17.8. The number of carbonyl (C=O) groups excluding carboxylic acids is 1. The number of fused-ring (bicyclic) bond motifs is 1. The molecule has 1 aromatic carbocycles. The summed E-state index contributed by atoms with van der Waals surface area (Å²) in [5, 5.41) is 0. The molecule has 0 saturated heterocycles. The van der Waals surface area contributed by atoms with Crippen LogP contribution in [-0.4, -0.2) is 22.6 Å². The van der Waals surface area contributed by atoms with Crippen molar-refractivity contribution in [3.63, 3.8) is 0 Å². The largest absolute Gasteiger partial charge is 0.485 e. The van der Waals surface area contributed by atoms with Gasteiger partial charge in [0.2, 0.25) is 6.41 Å².